The quantitative estimate of drug-likeness (QED) is 0.876. The maximum Gasteiger partial charge on any atom is 0.244 e. The van der Waals surface area contributed by atoms with Crippen molar-refractivity contribution in [1.82, 2.24) is 14.6 Å². The number of hydrogen-bond acceptors (Lipinski definition) is 5. The highest BCUT2D eigenvalue weighted by atomic mass is 32.2. The number of amides is 1. The molecule has 0 radical (unpaired) electrons. The van der Waals surface area contributed by atoms with Gasteiger partial charge < -0.3 is 9.73 Å². The van der Waals surface area contributed by atoms with E-state index in [9.17, 15) is 13.2 Å². The van der Waals surface area contributed by atoms with Gasteiger partial charge in [0, 0.05) is 31.4 Å². The molecular weight excluding hydrogens is 342 g/mol. The molecule has 0 aromatic carbocycles. The first kappa shape index (κ1) is 17.6. The van der Waals surface area contributed by atoms with Crippen molar-refractivity contribution in [3.63, 3.8) is 0 Å². The zero-order valence-electron chi connectivity index (χ0n) is 14.0. The molecular formula is C17H21N3O4S. The minimum absolute atomic E-state index is 0.0673. The first-order chi connectivity index (χ1) is 12.0. The van der Waals surface area contributed by atoms with Crippen molar-refractivity contribution in [3.8, 4) is 0 Å². The van der Waals surface area contributed by atoms with Gasteiger partial charge in [-0.15, -0.1) is 0 Å². The largest absolute Gasteiger partial charge is 0.467 e. The summed E-state index contributed by atoms with van der Waals surface area (Å²) in [7, 11) is -3.55. The third kappa shape index (κ3) is 3.91. The monoisotopic (exact) mass is 363 g/mol. The van der Waals surface area contributed by atoms with Gasteiger partial charge in [-0.05, 0) is 44.0 Å². The molecule has 1 aliphatic heterocycles. The predicted molar refractivity (Wildman–Crippen MR) is 91.0 cm³/mol. The lowest BCUT2D eigenvalue weighted by atomic mass is 9.97. The predicted octanol–water partition coefficient (Wildman–Crippen LogP) is 1.95. The molecule has 2 aromatic heterocycles. The highest BCUT2D eigenvalue weighted by Gasteiger charge is 2.32. The molecule has 8 heteroatoms. The molecule has 1 atom stereocenters. The molecule has 2 aromatic rings. The van der Waals surface area contributed by atoms with E-state index in [1.54, 1.807) is 18.4 Å². The first-order valence-electron chi connectivity index (χ1n) is 8.22. The van der Waals surface area contributed by atoms with Crippen LogP contribution >= 0.6 is 0 Å². The van der Waals surface area contributed by atoms with E-state index in [1.165, 1.54) is 22.8 Å². The maximum atomic E-state index is 12.6. The third-order valence-electron chi connectivity index (χ3n) is 4.43. The lowest BCUT2D eigenvalue weighted by Crippen LogP contribution is -2.43. The van der Waals surface area contributed by atoms with Gasteiger partial charge in [0.05, 0.1) is 12.3 Å². The van der Waals surface area contributed by atoms with Gasteiger partial charge in [-0.2, -0.15) is 4.31 Å². The molecule has 3 heterocycles. The molecule has 1 fully saturated rings. The van der Waals surface area contributed by atoms with Crippen LogP contribution in [0.4, 0.5) is 0 Å². The number of hydrogen-bond donors (Lipinski definition) is 1. The molecule has 3 rings (SSSR count). The minimum atomic E-state index is -3.55. The summed E-state index contributed by atoms with van der Waals surface area (Å²) in [5.41, 5.74) is 0. The fraction of sp³-hybridized carbons (Fsp3) is 0.412. The first-order valence-corrected chi connectivity index (χ1v) is 9.66. The second-order valence-corrected chi connectivity index (χ2v) is 8.05. The Hall–Kier alpha value is -2.19. The zero-order valence-corrected chi connectivity index (χ0v) is 14.8. The standard InChI is InChI=1S/C17H21N3O4S/c1-13(16-5-3-11-24-16)19-17(21)14-6-9-20(10-7-14)25(22,23)15-4-2-8-18-12-15/h2-5,8,11-14H,6-7,9-10H2,1H3,(H,19,21)/t13-/m1/s1. The topological polar surface area (TPSA) is 92.5 Å². The van der Waals surface area contributed by atoms with E-state index in [1.807, 2.05) is 13.0 Å². The molecule has 0 spiro atoms. The van der Waals surface area contributed by atoms with Crippen LogP contribution in [0.2, 0.25) is 0 Å². The van der Waals surface area contributed by atoms with Crippen LogP contribution in [0.1, 0.15) is 31.6 Å². The Bertz CT molecular complexity index is 798. The normalized spacial score (nSPS) is 18.0. The average Bonchev–Trinajstić information content (AvgIpc) is 3.17. The molecule has 25 heavy (non-hydrogen) atoms. The highest BCUT2D eigenvalue weighted by Crippen LogP contribution is 2.24. The van der Waals surface area contributed by atoms with Crippen LogP contribution in [0.15, 0.2) is 52.2 Å². The van der Waals surface area contributed by atoms with E-state index < -0.39 is 10.0 Å². The Kier molecular flexibility index (Phi) is 5.19. The summed E-state index contributed by atoms with van der Waals surface area (Å²) < 4.78 is 31.8. The summed E-state index contributed by atoms with van der Waals surface area (Å²) >= 11 is 0. The van der Waals surface area contributed by atoms with Crippen molar-refractivity contribution in [2.24, 2.45) is 5.92 Å². The second-order valence-electron chi connectivity index (χ2n) is 6.11. The molecule has 1 aliphatic rings. The number of piperidine rings is 1. The van der Waals surface area contributed by atoms with Gasteiger partial charge >= 0.3 is 0 Å². The SMILES string of the molecule is C[C@@H](NC(=O)C1CCN(S(=O)(=O)c2cccnc2)CC1)c1ccco1. The molecule has 1 saturated heterocycles. The number of nitrogens with zero attached hydrogens (tertiary/aromatic N) is 2. The van der Waals surface area contributed by atoms with Gasteiger partial charge in [-0.25, -0.2) is 8.42 Å². The van der Waals surface area contributed by atoms with Crippen LogP contribution in [0.5, 0.6) is 0 Å². The van der Waals surface area contributed by atoms with Crippen LogP contribution in [0, 0.1) is 5.92 Å². The number of sulfonamides is 1. The smallest absolute Gasteiger partial charge is 0.244 e. The lowest BCUT2D eigenvalue weighted by Gasteiger charge is -2.30. The van der Waals surface area contributed by atoms with Gasteiger partial charge in [-0.1, -0.05) is 0 Å². The summed E-state index contributed by atoms with van der Waals surface area (Å²) in [6, 6.07) is 6.52. The van der Waals surface area contributed by atoms with Gasteiger partial charge in [0.15, 0.2) is 0 Å². The highest BCUT2D eigenvalue weighted by molar-refractivity contribution is 7.89. The number of carbonyl (C=O) groups is 1. The maximum absolute atomic E-state index is 12.6. The number of pyridine rings is 1. The Labute approximate surface area is 147 Å². The molecule has 7 nitrogen and oxygen atoms in total. The van der Waals surface area contributed by atoms with Gasteiger partial charge in [-0.3, -0.25) is 9.78 Å². The van der Waals surface area contributed by atoms with E-state index in [0.717, 1.165) is 0 Å². The summed E-state index contributed by atoms with van der Waals surface area (Å²) in [4.78, 5) is 16.5. The third-order valence-corrected chi connectivity index (χ3v) is 6.31. The lowest BCUT2D eigenvalue weighted by molar-refractivity contribution is -0.126. The second kappa shape index (κ2) is 7.37. The summed E-state index contributed by atoms with van der Waals surface area (Å²) in [6.07, 6.45) is 5.45. The van der Waals surface area contributed by atoms with Crippen LogP contribution in [-0.2, 0) is 14.8 Å². The van der Waals surface area contributed by atoms with Crippen molar-refractivity contribution in [2.45, 2.75) is 30.7 Å². The Morgan fingerprint density at radius 2 is 2.08 bits per heavy atom. The van der Waals surface area contributed by atoms with Gasteiger partial charge in [0.1, 0.15) is 10.7 Å². The Balaban J connectivity index is 1.57. The molecule has 0 bridgehead atoms. The fourth-order valence-corrected chi connectivity index (χ4v) is 4.38. The van der Waals surface area contributed by atoms with Crippen LogP contribution in [0.25, 0.3) is 0 Å². The molecule has 0 saturated carbocycles. The minimum Gasteiger partial charge on any atom is -0.467 e. The van der Waals surface area contributed by atoms with Crippen molar-refractivity contribution in [3.05, 3.63) is 48.7 Å². The number of nitrogens with one attached hydrogen (secondary N) is 1. The molecule has 1 N–H and O–H groups in total. The Morgan fingerprint density at radius 1 is 1.32 bits per heavy atom. The van der Waals surface area contributed by atoms with E-state index in [-0.39, 0.29) is 22.8 Å². The summed E-state index contributed by atoms with van der Waals surface area (Å²) in [5.74, 6) is 0.435. The van der Waals surface area contributed by atoms with Crippen LogP contribution in [0.3, 0.4) is 0 Å². The van der Waals surface area contributed by atoms with Gasteiger partial charge in [0.2, 0.25) is 15.9 Å². The van der Waals surface area contributed by atoms with Gasteiger partial charge in [0.25, 0.3) is 0 Å². The number of furan rings is 1. The van der Waals surface area contributed by atoms with Crippen molar-refractivity contribution >= 4 is 15.9 Å². The van der Waals surface area contributed by atoms with E-state index >= 15 is 0 Å². The van der Waals surface area contributed by atoms with Crippen molar-refractivity contribution in [2.75, 3.05) is 13.1 Å². The van der Waals surface area contributed by atoms with Crippen molar-refractivity contribution in [1.29, 1.82) is 0 Å². The molecule has 0 aliphatic carbocycles. The fourth-order valence-electron chi connectivity index (χ4n) is 2.95. The number of rotatable bonds is 5. The van der Waals surface area contributed by atoms with Crippen LogP contribution < -0.4 is 5.32 Å². The molecule has 0 unspecified atom stereocenters. The molecule has 134 valence electrons. The summed E-state index contributed by atoms with van der Waals surface area (Å²) in [6.45, 7) is 2.51. The van der Waals surface area contributed by atoms with E-state index in [2.05, 4.69) is 10.3 Å². The van der Waals surface area contributed by atoms with E-state index in [0.29, 0.717) is 31.7 Å². The Morgan fingerprint density at radius 3 is 2.68 bits per heavy atom. The average molecular weight is 363 g/mol. The number of aromatic nitrogens is 1. The van der Waals surface area contributed by atoms with Crippen LogP contribution in [-0.4, -0.2) is 36.7 Å². The summed E-state index contributed by atoms with van der Waals surface area (Å²) in [5, 5.41) is 2.93. The zero-order chi connectivity index (χ0) is 17.9. The molecule has 1 amide bonds. The number of carbonyl (C=O) groups excluding carboxylic acids is 1. The van der Waals surface area contributed by atoms with Crippen molar-refractivity contribution < 1.29 is 17.6 Å². The van der Waals surface area contributed by atoms with E-state index in [4.69, 9.17) is 4.42 Å².